The topological polar surface area (TPSA) is 75.1 Å². The van der Waals surface area contributed by atoms with Crippen molar-refractivity contribution in [2.45, 2.75) is 31.4 Å². The fraction of sp³-hybridized carbons (Fsp3) is 0.667. The maximum Gasteiger partial charge on any atom is 0.259 e. The van der Waals surface area contributed by atoms with Crippen LogP contribution in [-0.4, -0.2) is 84.4 Å². The first-order chi connectivity index (χ1) is 12.2. The third kappa shape index (κ3) is 4.29. The number of carbonyl (C=O) groups is 1. The Morgan fingerprint density at radius 1 is 1.28 bits per heavy atom. The summed E-state index contributed by atoms with van der Waals surface area (Å²) in [5.41, 5.74) is 0.493. The van der Waals surface area contributed by atoms with Crippen LogP contribution < -0.4 is 4.74 Å². The Labute approximate surface area is 148 Å². The minimum atomic E-state index is -0.221. The highest BCUT2D eigenvalue weighted by molar-refractivity contribution is 5.96. The summed E-state index contributed by atoms with van der Waals surface area (Å²) in [5, 5.41) is 10.1. The van der Waals surface area contributed by atoms with E-state index in [-0.39, 0.29) is 18.1 Å². The number of aliphatic hydroxyl groups excluding tert-OH is 1. The molecular weight excluding hydrogens is 322 g/mol. The highest BCUT2D eigenvalue weighted by Crippen LogP contribution is 2.25. The summed E-state index contributed by atoms with van der Waals surface area (Å²) >= 11 is 0. The molecule has 1 aromatic rings. The number of nitrogens with zero attached hydrogens (tertiary/aromatic N) is 3. The number of hydrogen-bond acceptors (Lipinski definition) is 6. The van der Waals surface area contributed by atoms with E-state index in [1.165, 1.54) is 0 Å². The molecule has 2 aliphatic rings. The zero-order valence-electron chi connectivity index (χ0n) is 14.8. The van der Waals surface area contributed by atoms with Gasteiger partial charge in [-0.05, 0) is 31.4 Å². The van der Waals surface area contributed by atoms with Crippen molar-refractivity contribution in [3.8, 4) is 5.88 Å². The zero-order chi connectivity index (χ0) is 17.6. The van der Waals surface area contributed by atoms with Gasteiger partial charge in [-0.2, -0.15) is 0 Å². The third-order valence-electron chi connectivity index (χ3n) is 5.04. The van der Waals surface area contributed by atoms with E-state index in [1.54, 1.807) is 25.4 Å². The minimum Gasteiger partial charge on any atom is -0.475 e. The van der Waals surface area contributed by atoms with Crippen molar-refractivity contribution >= 4 is 5.91 Å². The zero-order valence-corrected chi connectivity index (χ0v) is 14.8. The van der Waals surface area contributed by atoms with Crippen molar-refractivity contribution in [2.24, 2.45) is 0 Å². The van der Waals surface area contributed by atoms with Gasteiger partial charge in [-0.25, -0.2) is 4.98 Å². The molecule has 3 rings (SSSR count). The largest absolute Gasteiger partial charge is 0.475 e. The lowest BCUT2D eigenvalue weighted by atomic mass is 10.1. The summed E-state index contributed by atoms with van der Waals surface area (Å²) in [7, 11) is 1.61. The molecule has 1 aliphatic heterocycles. The average Bonchev–Trinajstić information content (AvgIpc) is 3.08. The van der Waals surface area contributed by atoms with E-state index < -0.39 is 0 Å². The molecule has 1 amide bonds. The molecule has 2 heterocycles. The molecule has 1 N–H and O–H groups in total. The third-order valence-corrected chi connectivity index (χ3v) is 5.04. The van der Waals surface area contributed by atoms with Gasteiger partial charge in [-0.3, -0.25) is 9.69 Å². The van der Waals surface area contributed by atoms with Crippen LogP contribution in [0.1, 0.15) is 29.6 Å². The Morgan fingerprint density at radius 3 is 2.76 bits per heavy atom. The molecule has 2 atom stereocenters. The number of carbonyl (C=O) groups excluding carboxylic acids is 1. The monoisotopic (exact) mass is 349 g/mol. The van der Waals surface area contributed by atoms with Crippen molar-refractivity contribution in [3.05, 3.63) is 23.9 Å². The Balaban J connectivity index is 1.59. The lowest BCUT2D eigenvalue weighted by Gasteiger charge is -2.39. The van der Waals surface area contributed by atoms with Crippen molar-refractivity contribution in [1.29, 1.82) is 0 Å². The normalized spacial score (nSPS) is 24.5. The minimum absolute atomic E-state index is 0.0489. The van der Waals surface area contributed by atoms with E-state index in [2.05, 4.69) is 9.88 Å². The number of aromatic nitrogens is 1. The molecule has 0 radical (unpaired) electrons. The Hall–Kier alpha value is -1.70. The Kier molecular flexibility index (Phi) is 6.23. The standard InChI is InChI=1S/C18H27N3O4/c1-24-12-13-25-17-14(4-3-7-19-17)18(23)21-10-8-20(9-11-21)15-5-2-6-16(15)22/h3-4,7,15-16,22H,2,5-6,8-13H2,1H3/t15-,16+/m0/s1. The summed E-state index contributed by atoms with van der Waals surface area (Å²) < 4.78 is 10.6. The van der Waals surface area contributed by atoms with E-state index in [1.807, 2.05) is 4.90 Å². The lowest BCUT2D eigenvalue weighted by molar-refractivity contribution is 0.0313. The molecule has 1 saturated carbocycles. The molecule has 0 bridgehead atoms. The molecule has 0 aromatic carbocycles. The molecule has 25 heavy (non-hydrogen) atoms. The molecule has 2 fully saturated rings. The van der Waals surface area contributed by atoms with Gasteiger partial charge >= 0.3 is 0 Å². The summed E-state index contributed by atoms with van der Waals surface area (Å²) in [6.07, 6.45) is 4.43. The highest BCUT2D eigenvalue weighted by Gasteiger charge is 2.33. The summed E-state index contributed by atoms with van der Waals surface area (Å²) in [4.78, 5) is 21.2. The van der Waals surface area contributed by atoms with Crippen LogP contribution >= 0.6 is 0 Å². The predicted octanol–water partition coefficient (Wildman–Crippen LogP) is 0.778. The molecule has 0 unspecified atom stereocenters. The number of ether oxygens (including phenoxy) is 2. The summed E-state index contributed by atoms with van der Waals surface area (Å²) in [5.74, 6) is 0.310. The van der Waals surface area contributed by atoms with E-state index in [4.69, 9.17) is 9.47 Å². The smallest absolute Gasteiger partial charge is 0.259 e. The van der Waals surface area contributed by atoms with Gasteiger partial charge in [0, 0.05) is 45.5 Å². The van der Waals surface area contributed by atoms with E-state index in [0.29, 0.717) is 37.7 Å². The fourth-order valence-corrected chi connectivity index (χ4v) is 3.66. The summed E-state index contributed by atoms with van der Waals surface area (Å²) in [6, 6.07) is 3.76. The molecule has 7 heteroatoms. The van der Waals surface area contributed by atoms with Crippen LogP contribution in [0.2, 0.25) is 0 Å². The van der Waals surface area contributed by atoms with Crippen LogP contribution in [0.25, 0.3) is 0 Å². The highest BCUT2D eigenvalue weighted by atomic mass is 16.5. The number of rotatable bonds is 6. The number of aliphatic hydroxyl groups is 1. The lowest BCUT2D eigenvalue weighted by Crippen LogP contribution is -2.53. The van der Waals surface area contributed by atoms with Crippen LogP contribution in [0.3, 0.4) is 0 Å². The van der Waals surface area contributed by atoms with Gasteiger partial charge in [0.1, 0.15) is 12.2 Å². The predicted molar refractivity (Wildman–Crippen MR) is 92.7 cm³/mol. The first kappa shape index (κ1) is 18.1. The van der Waals surface area contributed by atoms with Gasteiger partial charge in [-0.1, -0.05) is 0 Å². The number of amides is 1. The first-order valence-electron chi connectivity index (χ1n) is 8.99. The second-order valence-corrected chi connectivity index (χ2v) is 6.59. The van der Waals surface area contributed by atoms with Crippen molar-refractivity contribution in [1.82, 2.24) is 14.8 Å². The molecule has 0 spiro atoms. The van der Waals surface area contributed by atoms with E-state index in [0.717, 1.165) is 32.4 Å². The number of methoxy groups -OCH3 is 1. The van der Waals surface area contributed by atoms with Crippen LogP contribution in [0.15, 0.2) is 18.3 Å². The first-order valence-corrected chi connectivity index (χ1v) is 8.99. The van der Waals surface area contributed by atoms with Crippen LogP contribution in [0, 0.1) is 0 Å². The molecular formula is C18H27N3O4. The second-order valence-electron chi connectivity index (χ2n) is 6.59. The molecule has 7 nitrogen and oxygen atoms in total. The number of hydrogen-bond donors (Lipinski definition) is 1. The van der Waals surface area contributed by atoms with Crippen LogP contribution in [0.4, 0.5) is 0 Å². The van der Waals surface area contributed by atoms with Gasteiger partial charge in [-0.15, -0.1) is 0 Å². The number of piperazine rings is 1. The van der Waals surface area contributed by atoms with E-state index >= 15 is 0 Å². The second kappa shape index (κ2) is 8.60. The van der Waals surface area contributed by atoms with Gasteiger partial charge in [0.2, 0.25) is 5.88 Å². The van der Waals surface area contributed by atoms with Crippen LogP contribution in [0.5, 0.6) is 5.88 Å². The Bertz CT molecular complexity index is 575. The Morgan fingerprint density at radius 2 is 2.08 bits per heavy atom. The maximum atomic E-state index is 12.9. The van der Waals surface area contributed by atoms with Gasteiger partial charge in [0.15, 0.2) is 0 Å². The SMILES string of the molecule is COCCOc1ncccc1C(=O)N1CCN([C@H]2CCC[C@H]2O)CC1. The van der Waals surface area contributed by atoms with Crippen molar-refractivity contribution in [2.75, 3.05) is 46.5 Å². The van der Waals surface area contributed by atoms with Crippen molar-refractivity contribution in [3.63, 3.8) is 0 Å². The summed E-state index contributed by atoms with van der Waals surface area (Å²) in [6.45, 7) is 3.73. The van der Waals surface area contributed by atoms with Crippen LogP contribution in [-0.2, 0) is 4.74 Å². The number of pyridine rings is 1. The van der Waals surface area contributed by atoms with Gasteiger partial charge < -0.3 is 19.5 Å². The molecule has 1 saturated heterocycles. The van der Waals surface area contributed by atoms with Gasteiger partial charge in [0.25, 0.3) is 5.91 Å². The quantitative estimate of drug-likeness (QED) is 0.765. The maximum absolute atomic E-state index is 12.9. The molecule has 138 valence electrons. The molecule has 1 aromatic heterocycles. The van der Waals surface area contributed by atoms with Crippen molar-refractivity contribution < 1.29 is 19.4 Å². The van der Waals surface area contributed by atoms with Gasteiger partial charge in [0.05, 0.1) is 12.7 Å². The average molecular weight is 349 g/mol. The van der Waals surface area contributed by atoms with E-state index in [9.17, 15) is 9.90 Å². The fourth-order valence-electron chi connectivity index (χ4n) is 3.66. The molecule has 1 aliphatic carbocycles.